The standard InChI is InChI=1S/C25H32F4N4O2/c1-14(2)24(35)33-10-9-32(13-21(33)25(27,28)29)17-6-4-5-16(11-17)30-23(34)20-12-18-19(26)8-7-15(3)22(18)31-20/h7-8,12,14,16-17,21,31H,4-6,9-11,13H2,1-3H3,(H,30,34)/t16-,17+,21+/m1/s1. The minimum atomic E-state index is -4.51. The summed E-state index contributed by atoms with van der Waals surface area (Å²) in [7, 11) is 0. The zero-order valence-corrected chi connectivity index (χ0v) is 20.2. The topological polar surface area (TPSA) is 68.4 Å². The van der Waals surface area contributed by atoms with Gasteiger partial charge < -0.3 is 15.2 Å². The average molecular weight is 497 g/mol. The van der Waals surface area contributed by atoms with Crippen molar-refractivity contribution in [3.05, 3.63) is 35.3 Å². The molecule has 0 bridgehead atoms. The van der Waals surface area contributed by atoms with E-state index in [-0.39, 0.29) is 36.8 Å². The number of carbonyl (C=O) groups excluding carboxylic acids is 2. The molecule has 2 aliphatic rings. The van der Waals surface area contributed by atoms with Crippen molar-refractivity contribution in [2.75, 3.05) is 19.6 Å². The van der Waals surface area contributed by atoms with E-state index in [0.717, 1.165) is 29.7 Å². The molecule has 4 rings (SSSR count). The van der Waals surface area contributed by atoms with Crippen LogP contribution in [0.3, 0.4) is 0 Å². The lowest BCUT2D eigenvalue weighted by atomic mass is 9.89. The Kier molecular flexibility index (Phi) is 7.13. The van der Waals surface area contributed by atoms with E-state index in [4.69, 9.17) is 0 Å². The number of nitrogens with one attached hydrogen (secondary N) is 2. The minimum absolute atomic E-state index is 0.0364. The third-order valence-corrected chi connectivity index (χ3v) is 7.26. The molecule has 1 saturated carbocycles. The molecule has 0 spiro atoms. The van der Waals surface area contributed by atoms with E-state index in [1.165, 1.54) is 12.1 Å². The number of rotatable bonds is 4. The first kappa shape index (κ1) is 25.5. The van der Waals surface area contributed by atoms with Crippen LogP contribution in [0.1, 0.15) is 55.6 Å². The molecule has 1 aliphatic carbocycles. The number of aromatic amines is 1. The van der Waals surface area contributed by atoms with Crippen molar-refractivity contribution in [1.82, 2.24) is 20.1 Å². The number of aryl methyl sites for hydroxylation is 1. The molecule has 1 aliphatic heterocycles. The first-order valence-corrected chi connectivity index (χ1v) is 12.2. The van der Waals surface area contributed by atoms with Crippen molar-refractivity contribution in [3.63, 3.8) is 0 Å². The predicted octanol–water partition coefficient (Wildman–Crippen LogP) is 4.39. The summed E-state index contributed by atoms with van der Waals surface area (Å²) in [6.07, 6.45) is -1.73. The number of H-pyrrole nitrogens is 1. The van der Waals surface area contributed by atoms with Crippen LogP contribution in [-0.2, 0) is 4.79 Å². The lowest BCUT2D eigenvalue weighted by Gasteiger charge is -2.47. The number of alkyl halides is 3. The summed E-state index contributed by atoms with van der Waals surface area (Å²) < 4.78 is 55.6. The second-order valence-corrected chi connectivity index (χ2v) is 10.1. The van der Waals surface area contributed by atoms with Crippen LogP contribution in [0.25, 0.3) is 10.9 Å². The Morgan fingerprint density at radius 3 is 2.57 bits per heavy atom. The predicted molar refractivity (Wildman–Crippen MR) is 124 cm³/mol. The van der Waals surface area contributed by atoms with Gasteiger partial charge in [-0.1, -0.05) is 19.9 Å². The third-order valence-electron chi connectivity index (χ3n) is 7.26. The van der Waals surface area contributed by atoms with E-state index in [1.54, 1.807) is 19.9 Å². The van der Waals surface area contributed by atoms with Gasteiger partial charge >= 0.3 is 6.18 Å². The minimum Gasteiger partial charge on any atom is -0.350 e. The van der Waals surface area contributed by atoms with Crippen molar-refractivity contribution in [1.29, 1.82) is 0 Å². The van der Waals surface area contributed by atoms with Crippen molar-refractivity contribution in [2.24, 2.45) is 5.92 Å². The summed E-state index contributed by atoms with van der Waals surface area (Å²) in [6.45, 7) is 5.20. The van der Waals surface area contributed by atoms with Crippen LogP contribution < -0.4 is 5.32 Å². The second-order valence-electron chi connectivity index (χ2n) is 10.1. The van der Waals surface area contributed by atoms with Crippen LogP contribution in [0, 0.1) is 18.7 Å². The molecule has 10 heteroatoms. The number of halogens is 4. The number of nitrogens with zero attached hydrogens (tertiary/aromatic N) is 2. The number of hydrogen-bond donors (Lipinski definition) is 2. The molecule has 2 fully saturated rings. The van der Waals surface area contributed by atoms with E-state index in [2.05, 4.69) is 10.3 Å². The number of benzene rings is 1. The Hall–Kier alpha value is -2.62. The SMILES string of the molecule is Cc1ccc(F)c2cc(C(=O)N[C@@H]3CCC[C@H](N4CCN(C(=O)C(C)C)[C@H](C(F)(F)F)C4)C3)[nH]c12. The largest absolute Gasteiger partial charge is 0.410 e. The fraction of sp³-hybridized carbons (Fsp3) is 0.600. The van der Waals surface area contributed by atoms with Crippen LogP contribution in [0.4, 0.5) is 17.6 Å². The van der Waals surface area contributed by atoms with Gasteiger partial charge in [0.2, 0.25) is 5.91 Å². The Morgan fingerprint density at radius 1 is 1.17 bits per heavy atom. The van der Waals surface area contributed by atoms with Crippen molar-refractivity contribution < 1.29 is 27.2 Å². The highest BCUT2D eigenvalue weighted by Crippen LogP contribution is 2.32. The van der Waals surface area contributed by atoms with Gasteiger partial charge in [0, 0.05) is 43.0 Å². The number of amides is 2. The fourth-order valence-corrected chi connectivity index (χ4v) is 5.35. The summed E-state index contributed by atoms with van der Waals surface area (Å²) in [4.78, 5) is 31.1. The van der Waals surface area contributed by atoms with Gasteiger partial charge in [-0.25, -0.2) is 4.39 Å². The van der Waals surface area contributed by atoms with Crippen LogP contribution in [0.2, 0.25) is 0 Å². The highest BCUT2D eigenvalue weighted by Gasteiger charge is 2.49. The Balaban J connectivity index is 1.43. The normalized spacial score (nSPS) is 24.2. The molecule has 2 heterocycles. The summed E-state index contributed by atoms with van der Waals surface area (Å²) in [5.41, 5.74) is 1.66. The highest BCUT2D eigenvalue weighted by atomic mass is 19.4. The summed E-state index contributed by atoms with van der Waals surface area (Å²) in [5.74, 6) is -1.74. The first-order chi connectivity index (χ1) is 16.5. The summed E-state index contributed by atoms with van der Waals surface area (Å²) in [6, 6.07) is 2.36. The molecule has 2 amide bonds. The molecule has 1 aromatic carbocycles. The number of carbonyl (C=O) groups is 2. The Morgan fingerprint density at radius 2 is 1.91 bits per heavy atom. The van der Waals surface area contributed by atoms with Gasteiger partial charge in [-0.3, -0.25) is 14.5 Å². The molecule has 2 aromatic rings. The van der Waals surface area contributed by atoms with E-state index >= 15 is 0 Å². The molecule has 0 unspecified atom stereocenters. The fourth-order valence-electron chi connectivity index (χ4n) is 5.35. The molecule has 2 N–H and O–H groups in total. The number of aromatic nitrogens is 1. The van der Waals surface area contributed by atoms with Crippen molar-refractivity contribution in [3.8, 4) is 0 Å². The maximum absolute atomic E-state index is 14.1. The summed E-state index contributed by atoms with van der Waals surface area (Å²) in [5, 5.41) is 3.33. The molecule has 1 saturated heterocycles. The van der Waals surface area contributed by atoms with E-state index in [9.17, 15) is 27.2 Å². The van der Waals surface area contributed by atoms with Crippen LogP contribution in [0.15, 0.2) is 18.2 Å². The maximum Gasteiger partial charge on any atom is 0.410 e. The molecular weight excluding hydrogens is 464 g/mol. The number of fused-ring (bicyclic) bond motifs is 1. The highest BCUT2D eigenvalue weighted by molar-refractivity contribution is 5.99. The van der Waals surface area contributed by atoms with Gasteiger partial charge in [0.05, 0.1) is 5.52 Å². The van der Waals surface area contributed by atoms with Crippen LogP contribution in [0.5, 0.6) is 0 Å². The molecule has 6 nitrogen and oxygen atoms in total. The average Bonchev–Trinajstić information content (AvgIpc) is 3.27. The first-order valence-electron chi connectivity index (χ1n) is 12.2. The zero-order valence-electron chi connectivity index (χ0n) is 20.2. The Labute approximate surface area is 202 Å². The van der Waals surface area contributed by atoms with E-state index < -0.39 is 29.9 Å². The smallest absolute Gasteiger partial charge is 0.350 e. The third kappa shape index (κ3) is 5.32. The molecule has 1 aromatic heterocycles. The molecular formula is C25H32F4N4O2. The van der Waals surface area contributed by atoms with Gasteiger partial charge in [-0.05, 0) is 50.3 Å². The van der Waals surface area contributed by atoms with Gasteiger partial charge in [0.15, 0.2) is 0 Å². The van der Waals surface area contributed by atoms with Crippen molar-refractivity contribution >= 4 is 22.7 Å². The molecule has 192 valence electrons. The number of piperazine rings is 1. The van der Waals surface area contributed by atoms with Gasteiger partial charge in [-0.15, -0.1) is 0 Å². The Bertz CT molecular complexity index is 1060. The lowest BCUT2D eigenvalue weighted by molar-refractivity contribution is -0.204. The quantitative estimate of drug-likeness (QED) is 0.617. The van der Waals surface area contributed by atoms with E-state index in [0.29, 0.717) is 23.9 Å². The van der Waals surface area contributed by atoms with Crippen molar-refractivity contribution in [2.45, 2.75) is 70.8 Å². The monoisotopic (exact) mass is 496 g/mol. The zero-order chi connectivity index (χ0) is 25.5. The van der Waals surface area contributed by atoms with Gasteiger partial charge in [-0.2, -0.15) is 13.2 Å². The lowest BCUT2D eigenvalue weighted by Crippen LogP contribution is -2.63. The van der Waals surface area contributed by atoms with Crippen LogP contribution in [-0.4, -0.2) is 70.5 Å². The maximum atomic E-state index is 14.1. The molecule has 3 atom stereocenters. The molecule has 0 radical (unpaired) electrons. The number of hydrogen-bond acceptors (Lipinski definition) is 3. The summed E-state index contributed by atoms with van der Waals surface area (Å²) >= 11 is 0. The van der Waals surface area contributed by atoms with Gasteiger partial charge in [0.25, 0.3) is 5.91 Å². The van der Waals surface area contributed by atoms with E-state index in [1.807, 2.05) is 11.8 Å². The van der Waals surface area contributed by atoms with Crippen LogP contribution >= 0.6 is 0 Å². The second kappa shape index (κ2) is 9.79. The molecule has 35 heavy (non-hydrogen) atoms. The van der Waals surface area contributed by atoms with Gasteiger partial charge in [0.1, 0.15) is 17.6 Å².